The zero-order valence-corrected chi connectivity index (χ0v) is 26.2. The minimum atomic E-state index is -0.893. The number of carboxylic acid groups (broad SMARTS) is 2. The highest BCUT2D eigenvalue weighted by Crippen LogP contribution is 2.39. The summed E-state index contributed by atoms with van der Waals surface area (Å²) in [6.45, 7) is 13.7. The van der Waals surface area contributed by atoms with E-state index >= 15 is 0 Å². The first-order valence-corrected chi connectivity index (χ1v) is 16.2. The molecule has 44 heavy (non-hydrogen) atoms. The molecule has 0 aromatic carbocycles. The number of carbonyl (C=O) groups excluding carboxylic acids is 2. The lowest BCUT2D eigenvalue weighted by atomic mass is 9.91. The number of aromatic nitrogens is 1. The third-order valence-corrected chi connectivity index (χ3v) is 10.5. The largest absolute Gasteiger partial charge is 0.481 e. The van der Waals surface area contributed by atoms with E-state index in [1.165, 1.54) is 11.8 Å². The Morgan fingerprint density at radius 2 is 1.75 bits per heavy atom. The third kappa shape index (κ3) is 6.29. The first-order valence-electron chi connectivity index (χ1n) is 15.0. The zero-order valence-electron chi connectivity index (χ0n) is 25.3. The van der Waals surface area contributed by atoms with Crippen LogP contribution in [0, 0.1) is 24.7 Å². The number of thiol groups is 1. The van der Waals surface area contributed by atoms with Gasteiger partial charge >= 0.3 is 11.9 Å². The van der Waals surface area contributed by atoms with Gasteiger partial charge in [-0.25, -0.2) is 0 Å². The van der Waals surface area contributed by atoms with Crippen molar-refractivity contribution in [1.29, 1.82) is 0 Å². The number of nitrogens with one attached hydrogen (secondary N) is 4. The summed E-state index contributed by atoms with van der Waals surface area (Å²) >= 11 is 1.36. The highest BCUT2D eigenvalue weighted by molar-refractivity contribution is 7.86. The molecule has 234 valence electrons. The average Bonchev–Trinajstić information content (AvgIpc) is 3.53. The van der Waals surface area contributed by atoms with Crippen molar-refractivity contribution in [3.05, 3.63) is 75.9 Å². The van der Waals surface area contributed by atoms with E-state index in [1.807, 2.05) is 32.9 Å². The predicted octanol–water partition coefficient (Wildman–Crippen LogP) is 2.70. The van der Waals surface area contributed by atoms with Crippen LogP contribution < -0.4 is 16.0 Å². The molecule has 5 rings (SSSR count). The number of hydrogen-bond donors (Lipinski definition) is 6. The molecule has 6 atom stereocenters. The Balaban J connectivity index is 1.48. The van der Waals surface area contributed by atoms with Crippen molar-refractivity contribution in [2.75, 3.05) is 5.75 Å². The van der Waals surface area contributed by atoms with Gasteiger partial charge in [0.2, 0.25) is 11.8 Å². The van der Waals surface area contributed by atoms with Gasteiger partial charge < -0.3 is 31.1 Å². The van der Waals surface area contributed by atoms with Gasteiger partial charge in [-0.05, 0) is 78.4 Å². The van der Waals surface area contributed by atoms with Gasteiger partial charge in [0.25, 0.3) is 0 Å². The summed E-state index contributed by atoms with van der Waals surface area (Å²) in [5.41, 5.74) is 7.85. The SMILES string of the molecule is C=CC1C(=C)[C@@H](/C=C2/NC(Cc3[nH]c(/C=C4\NC(=O)[C@H](C)[C@H]4[C@H]4C[SH+]4)c(C)c3CCC(=O)O)C(CCC(=O)O)=C2C)NC1=O. The smallest absolute Gasteiger partial charge is 0.303 e. The van der Waals surface area contributed by atoms with E-state index in [4.69, 9.17) is 0 Å². The Hall–Kier alpha value is -3.99. The van der Waals surface area contributed by atoms with Gasteiger partial charge in [0, 0.05) is 48.0 Å². The van der Waals surface area contributed by atoms with Gasteiger partial charge in [0.1, 0.15) is 0 Å². The summed E-state index contributed by atoms with van der Waals surface area (Å²) in [6, 6.07) is -0.630. The maximum Gasteiger partial charge on any atom is 0.303 e. The molecule has 4 aliphatic rings. The number of carbonyl (C=O) groups is 4. The summed E-state index contributed by atoms with van der Waals surface area (Å²) in [5.74, 6) is -1.25. The molecular weight excluding hydrogens is 580 g/mol. The summed E-state index contributed by atoms with van der Waals surface area (Å²) in [5, 5.41) is 29.0. The van der Waals surface area contributed by atoms with Crippen LogP contribution in [-0.4, -0.2) is 62.0 Å². The molecule has 3 saturated heterocycles. The van der Waals surface area contributed by atoms with Crippen LogP contribution in [0.5, 0.6) is 0 Å². The quantitative estimate of drug-likeness (QED) is 0.0906. The van der Waals surface area contributed by atoms with Crippen LogP contribution in [0.3, 0.4) is 0 Å². The van der Waals surface area contributed by atoms with Crippen molar-refractivity contribution >= 4 is 41.6 Å². The van der Waals surface area contributed by atoms with E-state index in [1.54, 1.807) is 6.08 Å². The molecule has 0 bridgehead atoms. The number of hydrogen-bond acceptors (Lipinski definition) is 5. The van der Waals surface area contributed by atoms with Crippen LogP contribution in [0.25, 0.3) is 6.08 Å². The van der Waals surface area contributed by atoms with Crippen molar-refractivity contribution in [3.8, 4) is 0 Å². The number of rotatable bonds is 12. The molecule has 0 saturated carbocycles. The predicted molar refractivity (Wildman–Crippen MR) is 171 cm³/mol. The Morgan fingerprint density at radius 1 is 1.07 bits per heavy atom. The van der Waals surface area contributed by atoms with E-state index in [0.717, 1.165) is 50.8 Å². The molecule has 6 N–H and O–H groups in total. The Bertz CT molecular complexity index is 1530. The molecule has 1 aromatic heterocycles. The van der Waals surface area contributed by atoms with E-state index in [2.05, 4.69) is 34.1 Å². The summed E-state index contributed by atoms with van der Waals surface area (Å²) in [4.78, 5) is 51.6. The van der Waals surface area contributed by atoms with Gasteiger partial charge in [-0.2, -0.15) is 0 Å². The second kappa shape index (κ2) is 12.6. The standard InChI is InChI=1S/C33H40N4O6S/c1-6-19-15(2)24(36-33(19)43)11-22-16(3)20(7-9-29(38)39)25(34-22)13-26-21(8-10-30(40)41)17(4)23(35-26)12-27-31(28-14-44-28)18(5)32(42)37-27/h6,11-12,18-19,24-25,28,31,34-35H,1-2,7-10,13-14H2,3-5H3,(H,36,43)(H,37,42)(H,38,39)(H,40,41)/p+1/b22-11+,27-12-/t18-,19?,24-,25?,28-,31-/m1/s1. The van der Waals surface area contributed by atoms with Crippen LogP contribution in [-0.2, 0) is 43.8 Å². The molecule has 0 spiro atoms. The van der Waals surface area contributed by atoms with E-state index < -0.39 is 17.9 Å². The third-order valence-electron chi connectivity index (χ3n) is 9.38. The maximum atomic E-state index is 12.6. The average molecular weight is 622 g/mol. The van der Waals surface area contributed by atoms with E-state index in [-0.39, 0.29) is 48.6 Å². The fourth-order valence-electron chi connectivity index (χ4n) is 6.74. The lowest BCUT2D eigenvalue weighted by molar-refractivity contribution is -0.138. The highest BCUT2D eigenvalue weighted by atomic mass is 32.2. The van der Waals surface area contributed by atoms with Gasteiger partial charge in [-0.15, -0.1) is 6.58 Å². The molecule has 0 aliphatic carbocycles. The van der Waals surface area contributed by atoms with Gasteiger partial charge in [0.05, 0.1) is 23.9 Å². The minimum absolute atomic E-state index is 0.0255. The molecule has 3 fully saturated rings. The first kappa shape index (κ1) is 31.4. The second-order valence-electron chi connectivity index (χ2n) is 12.2. The number of aliphatic carboxylic acids is 2. The van der Waals surface area contributed by atoms with Gasteiger partial charge in [-0.1, -0.05) is 19.6 Å². The molecule has 11 heteroatoms. The van der Waals surface area contributed by atoms with Crippen molar-refractivity contribution in [2.24, 2.45) is 17.8 Å². The summed E-state index contributed by atoms with van der Waals surface area (Å²) < 4.78 is 0. The van der Waals surface area contributed by atoms with Crippen molar-refractivity contribution in [1.82, 2.24) is 20.9 Å². The number of allylic oxidation sites excluding steroid dienone is 2. The topological polar surface area (TPSA) is 161 Å². The highest BCUT2D eigenvalue weighted by Gasteiger charge is 2.52. The van der Waals surface area contributed by atoms with E-state index in [0.29, 0.717) is 30.1 Å². The first-order chi connectivity index (χ1) is 20.9. The fourth-order valence-corrected chi connectivity index (χ4v) is 7.74. The fraction of sp³-hybridized carbons (Fsp3) is 0.455. The molecule has 4 aliphatic heterocycles. The molecule has 1 aromatic rings. The molecule has 2 unspecified atom stereocenters. The number of amides is 2. The van der Waals surface area contributed by atoms with Crippen LogP contribution in [0.1, 0.15) is 55.6 Å². The lowest BCUT2D eigenvalue weighted by Gasteiger charge is -2.17. The Morgan fingerprint density at radius 3 is 2.36 bits per heavy atom. The minimum Gasteiger partial charge on any atom is -0.481 e. The van der Waals surface area contributed by atoms with Crippen LogP contribution in [0.2, 0.25) is 0 Å². The monoisotopic (exact) mass is 621 g/mol. The van der Waals surface area contributed by atoms with Crippen molar-refractivity contribution in [3.63, 3.8) is 0 Å². The Kier molecular flexibility index (Phi) is 8.97. The normalized spacial score (nSPS) is 29.8. The lowest BCUT2D eigenvalue weighted by Crippen LogP contribution is -2.30. The summed E-state index contributed by atoms with van der Waals surface area (Å²) in [7, 11) is 0. The van der Waals surface area contributed by atoms with E-state index in [9.17, 15) is 29.4 Å². The van der Waals surface area contributed by atoms with Crippen LogP contribution in [0.15, 0.2) is 53.4 Å². The zero-order chi connectivity index (χ0) is 31.9. The number of H-pyrrole nitrogens is 1. The number of carboxylic acids is 2. The van der Waals surface area contributed by atoms with Crippen molar-refractivity contribution in [2.45, 2.75) is 70.2 Å². The maximum absolute atomic E-state index is 12.6. The summed E-state index contributed by atoms with van der Waals surface area (Å²) in [6.07, 6.45) is 6.59. The van der Waals surface area contributed by atoms with Crippen LogP contribution in [0.4, 0.5) is 0 Å². The van der Waals surface area contributed by atoms with Crippen molar-refractivity contribution < 1.29 is 29.4 Å². The van der Waals surface area contributed by atoms with Crippen LogP contribution >= 0.6 is 0 Å². The molecule has 10 nitrogen and oxygen atoms in total. The molecule has 2 amide bonds. The molecule has 5 heterocycles. The second-order valence-corrected chi connectivity index (χ2v) is 13.5. The number of aromatic amines is 1. The molecule has 0 radical (unpaired) electrons. The van der Waals surface area contributed by atoms with Gasteiger partial charge in [0.15, 0.2) is 11.0 Å². The van der Waals surface area contributed by atoms with Gasteiger partial charge in [-0.3, -0.25) is 19.2 Å². The molecular formula is C33H41N4O6S+. The Labute approximate surface area is 261 Å².